The van der Waals surface area contributed by atoms with Gasteiger partial charge in [-0.05, 0) is 36.2 Å². The van der Waals surface area contributed by atoms with Crippen molar-refractivity contribution < 1.29 is 9.47 Å². The number of nitrogens with zero attached hydrogens (tertiary/aromatic N) is 4. The molecule has 1 unspecified atom stereocenters. The number of benzene rings is 2. The van der Waals surface area contributed by atoms with E-state index in [2.05, 4.69) is 51.4 Å². The maximum Gasteiger partial charge on any atom is 0.222 e. The van der Waals surface area contributed by atoms with Crippen LogP contribution in [0.5, 0.6) is 5.75 Å². The molecule has 0 radical (unpaired) electrons. The lowest BCUT2D eigenvalue weighted by atomic mass is 10.1. The molecule has 0 saturated carbocycles. The number of morpholine rings is 1. The van der Waals surface area contributed by atoms with Gasteiger partial charge in [-0.15, -0.1) is 0 Å². The molecule has 0 aliphatic carbocycles. The van der Waals surface area contributed by atoms with Crippen LogP contribution in [-0.4, -0.2) is 56.5 Å². The van der Waals surface area contributed by atoms with Crippen LogP contribution >= 0.6 is 0 Å². The predicted octanol–water partition coefficient (Wildman–Crippen LogP) is 2.48. The van der Waals surface area contributed by atoms with E-state index in [1.165, 1.54) is 5.56 Å². The SMILES string of the molecule is CCc1ccc(NC2N=C(N)N=C(N3CCOCC3)N2c2ccccc2OC)cc1. The maximum atomic E-state index is 6.14. The first-order valence-corrected chi connectivity index (χ1v) is 10.2. The van der Waals surface area contributed by atoms with Crippen molar-refractivity contribution >= 4 is 23.3 Å². The number of guanidine groups is 2. The molecule has 30 heavy (non-hydrogen) atoms. The second-order valence-electron chi connectivity index (χ2n) is 7.11. The smallest absolute Gasteiger partial charge is 0.222 e. The van der Waals surface area contributed by atoms with E-state index in [4.69, 9.17) is 15.2 Å². The van der Waals surface area contributed by atoms with E-state index in [1.807, 2.05) is 29.2 Å². The Kier molecular flexibility index (Phi) is 6.04. The minimum absolute atomic E-state index is 0.241. The highest BCUT2D eigenvalue weighted by molar-refractivity contribution is 6.06. The number of hydrogen-bond donors (Lipinski definition) is 2. The molecule has 1 fully saturated rings. The Morgan fingerprint density at radius 2 is 1.87 bits per heavy atom. The first kappa shape index (κ1) is 20.0. The predicted molar refractivity (Wildman–Crippen MR) is 120 cm³/mol. The van der Waals surface area contributed by atoms with Crippen LogP contribution in [0.1, 0.15) is 12.5 Å². The van der Waals surface area contributed by atoms with E-state index in [9.17, 15) is 0 Å². The monoisotopic (exact) mass is 408 g/mol. The van der Waals surface area contributed by atoms with Crippen LogP contribution in [0, 0.1) is 0 Å². The molecule has 2 heterocycles. The average molecular weight is 409 g/mol. The normalized spacial score (nSPS) is 19.2. The van der Waals surface area contributed by atoms with Gasteiger partial charge in [0.05, 0.1) is 26.0 Å². The molecule has 0 bridgehead atoms. The Morgan fingerprint density at radius 1 is 1.13 bits per heavy atom. The first-order chi connectivity index (χ1) is 14.7. The number of para-hydroxylation sites is 2. The minimum atomic E-state index is -0.468. The molecule has 0 spiro atoms. The first-order valence-electron chi connectivity index (χ1n) is 10.2. The van der Waals surface area contributed by atoms with Crippen LogP contribution in [0.4, 0.5) is 11.4 Å². The van der Waals surface area contributed by atoms with Gasteiger partial charge in [-0.1, -0.05) is 31.2 Å². The molecule has 1 saturated heterocycles. The number of anilines is 2. The Bertz CT molecular complexity index is 921. The van der Waals surface area contributed by atoms with Gasteiger partial charge < -0.3 is 25.4 Å². The van der Waals surface area contributed by atoms with Gasteiger partial charge in [0.15, 0.2) is 0 Å². The average Bonchev–Trinajstić information content (AvgIpc) is 2.80. The fraction of sp³-hybridized carbons (Fsp3) is 0.364. The van der Waals surface area contributed by atoms with E-state index < -0.39 is 6.29 Å². The Morgan fingerprint density at radius 3 is 2.57 bits per heavy atom. The van der Waals surface area contributed by atoms with Gasteiger partial charge in [0.25, 0.3) is 0 Å². The summed E-state index contributed by atoms with van der Waals surface area (Å²) in [6.07, 6.45) is 0.528. The topological polar surface area (TPSA) is 87.7 Å². The van der Waals surface area contributed by atoms with Crippen molar-refractivity contribution in [3.8, 4) is 5.75 Å². The third-order valence-corrected chi connectivity index (χ3v) is 5.23. The van der Waals surface area contributed by atoms with Gasteiger partial charge in [0, 0.05) is 18.8 Å². The van der Waals surface area contributed by atoms with Gasteiger partial charge in [-0.2, -0.15) is 4.99 Å². The highest BCUT2D eigenvalue weighted by Gasteiger charge is 2.33. The highest BCUT2D eigenvalue weighted by Crippen LogP contribution is 2.32. The van der Waals surface area contributed by atoms with Crippen LogP contribution in [0.15, 0.2) is 58.5 Å². The molecule has 0 aromatic heterocycles. The minimum Gasteiger partial charge on any atom is -0.495 e. The number of aryl methyl sites for hydroxylation is 1. The molecular formula is C22H28N6O2. The molecule has 2 aromatic rings. The number of methoxy groups -OCH3 is 1. The van der Waals surface area contributed by atoms with E-state index in [-0.39, 0.29) is 5.96 Å². The molecule has 0 amide bonds. The summed E-state index contributed by atoms with van der Waals surface area (Å²) in [4.78, 5) is 13.4. The van der Waals surface area contributed by atoms with E-state index in [0.717, 1.165) is 42.6 Å². The van der Waals surface area contributed by atoms with E-state index in [0.29, 0.717) is 13.2 Å². The van der Waals surface area contributed by atoms with Crippen molar-refractivity contribution in [2.24, 2.45) is 15.7 Å². The van der Waals surface area contributed by atoms with Crippen molar-refractivity contribution in [2.45, 2.75) is 19.6 Å². The lowest BCUT2D eigenvalue weighted by Crippen LogP contribution is -2.57. The summed E-state index contributed by atoms with van der Waals surface area (Å²) in [5, 5.41) is 3.50. The zero-order chi connectivity index (χ0) is 20.9. The molecule has 4 rings (SSSR count). The van der Waals surface area contributed by atoms with Crippen molar-refractivity contribution in [1.82, 2.24) is 4.90 Å². The molecule has 3 N–H and O–H groups in total. The van der Waals surface area contributed by atoms with Gasteiger partial charge >= 0.3 is 0 Å². The number of ether oxygens (including phenoxy) is 2. The summed E-state index contributed by atoms with van der Waals surface area (Å²) < 4.78 is 11.2. The van der Waals surface area contributed by atoms with Crippen molar-refractivity contribution in [3.05, 3.63) is 54.1 Å². The fourth-order valence-corrected chi connectivity index (χ4v) is 3.61. The maximum absolute atomic E-state index is 6.14. The van der Waals surface area contributed by atoms with E-state index in [1.54, 1.807) is 7.11 Å². The molecule has 158 valence electrons. The second-order valence-corrected chi connectivity index (χ2v) is 7.11. The molecule has 8 nitrogen and oxygen atoms in total. The van der Waals surface area contributed by atoms with Gasteiger partial charge in [0.2, 0.25) is 18.2 Å². The Balaban J connectivity index is 1.73. The number of hydrogen-bond acceptors (Lipinski definition) is 8. The summed E-state index contributed by atoms with van der Waals surface area (Å²) >= 11 is 0. The summed E-state index contributed by atoms with van der Waals surface area (Å²) in [5.41, 5.74) is 9.24. The summed E-state index contributed by atoms with van der Waals surface area (Å²) in [7, 11) is 1.66. The molecule has 2 aliphatic rings. The zero-order valence-electron chi connectivity index (χ0n) is 17.4. The van der Waals surface area contributed by atoms with Crippen LogP contribution in [-0.2, 0) is 11.2 Å². The third-order valence-electron chi connectivity index (χ3n) is 5.23. The number of nitrogens with one attached hydrogen (secondary N) is 1. The molecule has 1 atom stereocenters. The summed E-state index contributed by atoms with van der Waals surface area (Å²) in [6.45, 7) is 4.90. The number of aliphatic imine (C=N–C) groups is 2. The zero-order valence-corrected chi connectivity index (χ0v) is 17.4. The van der Waals surface area contributed by atoms with Crippen molar-refractivity contribution in [1.29, 1.82) is 0 Å². The lowest BCUT2D eigenvalue weighted by molar-refractivity contribution is 0.0671. The largest absolute Gasteiger partial charge is 0.495 e. The highest BCUT2D eigenvalue weighted by atomic mass is 16.5. The molecule has 8 heteroatoms. The molecule has 2 aromatic carbocycles. The van der Waals surface area contributed by atoms with Crippen LogP contribution in [0.25, 0.3) is 0 Å². The van der Waals surface area contributed by atoms with E-state index >= 15 is 0 Å². The lowest BCUT2D eigenvalue weighted by Gasteiger charge is -2.41. The van der Waals surface area contributed by atoms with Gasteiger partial charge in [-0.25, -0.2) is 4.99 Å². The van der Waals surface area contributed by atoms with Crippen molar-refractivity contribution in [3.63, 3.8) is 0 Å². The molecule has 2 aliphatic heterocycles. The number of rotatable bonds is 5. The number of nitrogens with two attached hydrogens (primary N) is 1. The summed E-state index contributed by atoms with van der Waals surface area (Å²) in [6, 6.07) is 16.2. The van der Waals surface area contributed by atoms with Gasteiger partial charge in [0.1, 0.15) is 5.75 Å². The quantitative estimate of drug-likeness (QED) is 0.790. The Hall–Kier alpha value is -3.26. The fourth-order valence-electron chi connectivity index (χ4n) is 3.61. The van der Waals surface area contributed by atoms with Crippen LogP contribution in [0.2, 0.25) is 0 Å². The Labute approximate surface area is 177 Å². The van der Waals surface area contributed by atoms with Gasteiger partial charge in [-0.3, -0.25) is 4.90 Å². The van der Waals surface area contributed by atoms with Crippen molar-refractivity contribution in [2.75, 3.05) is 43.6 Å². The summed E-state index contributed by atoms with van der Waals surface area (Å²) in [5.74, 6) is 1.71. The molecular weight excluding hydrogens is 380 g/mol. The van der Waals surface area contributed by atoms with Crippen LogP contribution in [0.3, 0.4) is 0 Å². The second kappa shape index (κ2) is 9.04. The third kappa shape index (κ3) is 4.18. The van der Waals surface area contributed by atoms with Crippen LogP contribution < -0.4 is 20.7 Å². The standard InChI is InChI=1S/C22H28N6O2/c1-3-16-8-10-17(11-9-16)24-21-25-20(23)26-22(27-12-14-30-15-13-27)28(21)18-6-4-5-7-19(18)29-2/h4-11,21,24H,3,12-15H2,1-2H3,(H2,23,25).